The first-order chi connectivity index (χ1) is 13.9. The Kier molecular flexibility index (Phi) is 5.99. The van der Waals surface area contributed by atoms with E-state index in [0.717, 1.165) is 19.4 Å². The van der Waals surface area contributed by atoms with Gasteiger partial charge in [0.1, 0.15) is 11.5 Å². The van der Waals surface area contributed by atoms with Gasteiger partial charge in [0, 0.05) is 19.1 Å². The number of amides is 2. The van der Waals surface area contributed by atoms with E-state index in [4.69, 9.17) is 0 Å². The number of fused-ring (bicyclic) bond motifs is 1. The Morgan fingerprint density at radius 1 is 1.31 bits per heavy atom. The van der Waals surface area contributed by atoms with Crippen LogP contribution >= 0.6 is 11.8 Å². The number of benzene rings is 1. The molecule has 3 aliphatic rings. The van der Waals surface area contributed by atoms with Crippen LogP contribution in [0.2, 0.25) is 0 Å². The van der Waals surface area contributed by atoms with Gasteiger partial charge in [-0.25, -0.2) is 0 Å². The molecule has 156 valence electrons. The van der Waals surface area contributed by atoms with Gasteiger partial charge in [-0.15, -0.1) is 11.8 Å². The van der Waals surface area contributed by atoms with E-state index in [1.165, 1.54) is 16.7 Å². The molecule has 2 saturated heterocycles. The summed E-state index contributed by atoms with van der Waals surface area (Å²) in [6.45, 7) is 7.61. The number of nitrogens with zero attached hydrogens (tertiary/aromatic N) is 1. The Morgan fingerprint density at radius 2 is 2.10 bits per heavy atom. The van der Waals surface area contributed by atoms with Gasteiger partial charge in [-0.1, -0.05) is 24.3 Å². The van der Waals surface area contributed by atoms with Gasteiger partial charge in [0.25, 0.3) is 0 Å². The number of hydrogen-bond acceptors (Lipinski definition) is 5. The van der Waals surface area contributed by atoms with E-state index in [1.54, 1.807) is 11.8 Å². The molecular weight excluding hydrogens is 384 g/mol. The lowest BCUT2D eigenvalue weighted by Gasteiger charge is -2.43. The Labute approximate surface area is 176 Å². The molecule has 1 aromatic rings. The van der Waals surface area contributed by atoms with Crippen molar-refractivity contribution in [3.05, 3.63) is 40.8 Å². The highest BCUT2D eigenvalue weighted by Crippen LogP contribution is 2.39. The van der Waals surface area contributed by atoms with Crippen LogP contribution in [0.1, 0.15) is 37.8 Å². The van der Waals surface area contributed by atoms with Gasteiger partial charge in [0.2, 0.25) is 11.8 Å². The number of aryl methyl sites for hydroxylation is 1. The second-order valence-electron chi connectivity index (χ2n) is 8.50. The lowest BCUT2D eigenvalue weighted by molar-refractivity contribution is -0.129. The molecule has 1 aromatic carbocycles. The Balaban J connectivity index is 1.49. The second kappa shape index (κ2) is 8.50. The van der Waals surface area contributed by atoms with Crippen molar-refractivity contribution in [2.24, 2.45) is 5.92 Å². The molecule has 4 atom stereocenters. The molecule has 2 amide bonds. The minimum Gasteiger partial charge on any atom is -0.354 e. The molecule has 4 unspecified atom stereocenters. The molecule has 0 spiro atoms. The Bertz CT molecular complexity index is 825. The van der Waals surface area contributed by atoms with Crippen molar-refractivity contribution < 1.29 is 9.59 Å². The summed E-state index contributed by atoms with van der Waals surface area (Å²) in [6.07, 6.45) is 1.60. The first-order valence-corrected chi connectivity index (χ1v) is 11.4. The van der Waals surface area contributed by atoms with Crippen LogP contribution in [0.25, 0.3) is 5.57 Å². The molecule has 3 N–H and O–H groups in total. The van der Waals surface area contributed by atoms with Crippen molar-refractivity contribution >= 4 is 29.1 Å². The fourth-order valence-corrected chi connectivity index (χ4v) is 5.60. The fraction of sp³-hybridized carbons (Fsp3) is 0.545. The van der Waals surface area contributed by atoms with Crippen LogP contribution in [0.4, 0.5) is 0 Å². The number of hydrogen-bond donors (Lipinski definition) is 3. The zero-order valence-corrected chi connectivity index (χ0v) is 18.1. The van der Waals surface area contributed by atoms with E-state index in [0.29, 0.717) is 6.54 Å². The van der Waals surface area contributed by atoms with Gasteiger partial charge in [-0.05, 0) is 55.7 Å². The molecule has 4 rings (SSSR count). The lowest BCUT2D eigenvalue weighted by Crippen LogP contribution is -2.69. The highest BCUT2D eigenvalue weighted by Gasteiger charge is 2.44. The fourth-order valence-electron chi connectivity index (χ4n) is 4.46. The van der Waals surface area contributed by atoms with E-state index in [2.05, 4.69) is 45.3 Å². The Morgan fingerprint density at radius 3 is 2.86 bits per heavy atom. The van der Waals surface area contributed by atoms with Crippen LogP contribution in [0.15, 0.2) is 29.7 Å². The molecule has 3 heterocycles. The number of likely N-dealkylation sites (tertiary alicyclic amines) is 1. The third-order valence-electron chi connectivity index (χ3n) is 5.93. The molecule has 0 saturated carbocycles. The lowest BCUT2D eigenvalue weighted by atomic mass is 9.92. The summed E-state index contributed by atoms with van der Waals surface area (Å²) in [6, 6.07) is 8.44. The predicted molar refractivity (Wildman–Crippen MR) is 117 cm³/mol. The van der Waals surface area contributed by atoms with Crippen LogP contribution in [0, 0.1) is 12.8 Å². The quantitative estimate of drug-likeness (QED) is 0.703. The first-order valence-electron chi connectivity index (χ1n) is 10.5. The summed E-state index contributed by atoms with van der Waals surface area (Å²) in [5, 5.41) is 11.8. The summed E-state index contributed by atoms with van der Waals surface area (Å²) in [5.41, 5.74) is 3.60. The SMILES string of the molecule is Cc1ccccc1C1=CSC2C(=O)NC(N3CCCC(C(=O)NC(C)C)C3)NC12. The van der Waals surface area contributed by atoms with Crippen molar-refractivity contribution in [2.75, 3.05) is 13.1 Å². The zero-order chi connectivity index (χ0) is 20.5. The third-order valence-corrected chi connectivity index (χ3v) is 7.10. The van der Waals surface area contributed by atoms with E-state index in [1.807, 2.05) is 26.0 Å². The average Bonchev–Trinajstić information content (AvgIpc) is 3.12. The molecule has 0 aromatic heterocycles. The van der Waals surface area contributed by atoms with Crippen molar-refractivity contribution in [2.45, 2.75) is 57.2 Å². The van der Waals surface area contributed by atoms with Crippen molar-refractivity contribution in [3.8, 4) is 0 Å². The molecule has 29 heavy (non-hydrogen) atoms. The van der Waals surface area contributed by atoms with Gasteiger partial charge < -0.3 is 10.6 Å². The summed E-state index contributed by atoms with van der Waals surface area (Å²) in [5.74, 6) is 0.144. The van der Waals surface area contributed by atoms with Crippen molar-refractivity contribution in [1.29, 1.82) is 0 Å². The smallest absolute Gasteiger partial charge is 0.237 e. The van der Waals surface area contributed by atoms with Crippen molar-refractivity contribution in [1.82, 2.24) is 20.9 Å². The molecule has 7 heteroatoms. The number of carbonyl (C=O) groups is 2. The van der Waals surface area contributed by atoms with Gasteiger partial charge in [-0.3, -0.25) is 19.8 Å². The summed E-state index contributed by atoms with van der Waals surface area (Å²) >= 11 is 1.59. The number of nitrogens with one attached hydrogen (secondary N) is 3. The monoisotopic (exact) mass is 414 g/mol. The minimum atomic E-state index is -0.246. The largest absolute Gasteiger partial charge is 0.354 e. The topological polar surface area (TPSA) is 73.5 Å². The predicted octanol–water partition coefficient (Wildman–Crippen LogP) is 2.06. The van der Waals surface area contributed by atoms with E-state index < -0.39 is 0 Å². The minimum absolute atomic E-state index is 0.0234. The Hall–Kier alpha value is -1.83. The van der Waals surface area contributed by atoms with Crippen LogP contribution in [-0.4, -0.2) is 53.4 Å². The van der Waals surface area contributed by atoms with Gasteiger partial charge in [0.05, 0.1) is 12.0 Å². The number of carbonyl (C=O) groups excluding carboxylic acids is 2. The molecule has 0 radical (unpaired) electrons. The van der Waals surface area contributed by atoms with Gasteiger partial charge in [0.15, 0.2) is 0 Å². The van der Waals surface area contributed by atoms with Crippen LogP contribution in [0.5, 0.6) is 0 Å². The van der Waals surface area contributed by atoms with Crippen LogP contribution in [0.3, 0.4) is 0 Å². The molecule has 3 aliphatic heterocycles. The summed E-state index contributed by atoms with van der Waals surface area (Å²) in [7, 11) is 0. The first kappa shape index (κ1) is 20.4. The summed E-state index contributed by atoms with van der Waals surface area (Å²) in [4.78, 5) is 27.5. The van der Waals surface area contributed by atoms with Crippen LogP contribution in [-0.2, 0) is 9.59 Å². The molecular formula is C22H30N4O2S. The molecule has 2 fully saturated rings. The zero-order valence-electron chi connectivity index (χ0n) is 17.3. The number of piperidine rings is 1. The standard InChI is InChI=1S/C22H30N4O2S/c1-13(2)23-20(27)15-8-6-10-26(11-15)22-24-18-17(12-29-19(18)21(28)25-22)16-9-5-4-7-14(16)3/h4-5,7,9,12-13,15,18-19,22,24H,6,8,10-11H2,1-3H3,(H,23,27)(H,25,28). The molecule has 0 bridgehead atoms. The van der Waals surface area contributed by atoms with E-state index in [9.17, 15) is 9.59 Å². The van der Waals surface area contributed by atoms with E-state index >= 15 is 0 Å². The van der Waals surface area contributed by atoms with Crippen molar-refractivity contribution in [3.63, 3.8) is 0 Å². The molecule has 6 nitrogen and oxygen atoms in total. The van der Waals surface area contributed by atoms with Crippen LogP contribution < -0.4 is 16.0 Å². The highest BCUT2D eigenvalue weighted by molar-refractivity contribution is 8.04. The maximum Gasteiger partial charge on any atom is 0.237 e. The number of rotatable bonds is 4. The van der Waals surface area contributed by atoms with Gasteiger partial charge in [-0.2, -0.15) is 0 Å². The highest BCUT2D eigenvalue weighted by atomic mass is 32.2. The number of thioether (sulfide) groups is 1. The molecule has 0 aliphatic carbocycles. The maximum atomic E-state index is 12.8. The maximum absolute atomic E-state index is 12.8. The van der Waals surface area contributed by atoms with E-state index in [-0.39, 0.29) is 41.4 Å². The third kappa shape index (κ3) is 4.22. The average molecular weight is 415 g/mol. The summed E-state index contributed by atoms with van der Waals surface area (Å²) < 4.78 is 0. The second-order valence-corrected chi connectivity index (χ2v) is 9.51. The van der Waals surface area contributed by atoms with Gasteiger partial charge >= 0.3 is 0 Å². The normalized spacial score (nSPS) is 29.9.